The first kappa shape index (κ1) is 19.3. The van der Waals surface area contributed by atoms with Crippen molar-refractivity contribution in [3.8, 4) is 22.6 Å². The average molecular weight is 407 g/mol. The van der Waals surface area contributed by atoms with Crippen molar-refractivity contribution in [2.24, 2.45) is 0 Å². The first-order valence-electron chi connectivity index (χ1n) is 8.94. The van der Waals surface area contributed by atoms with Crippen LogP contribution in [-0.4, -0.2) is 42.9 Å². The third-order valence-corrected chi connectivity index (χ3v) is 4.65. The number of benzene rings is 1. The summed E-state index contributed by atoms with van der Waals surface area (Å²) in [6.45, 7) is -1.24. The number of hydrogen-bond donors (Lipinski definition) is 2. The Labute approximate surface area is 163 Å². The Morgan fingerprint density at radius 1 is 1.10 bits per heavy atom. The van der Waals surface area contributed by atoms with Crippen molar-refractivity contribution >= 4 is 5.95 Å². The fourth-order valence-corrected chi connectivity index (χ4v) is 3.23. The summed E-state index contributed by atoms with van der Waals surface area (Å²) in [5.74, 6) is -0.203. The maximum absolute atomic E-state index is 13.3. The molecule has 0 spiro atoms. The van der Waals surface area contributed by atoms with E-state index < -0.39 is 18.5 Å². The smallest absolute Gasteiger partial charge is 0.393 e. The van der Waals surface area contributed by atoms with Crippen LogP contribution in [0.15, 0.2) is 42.9 Å². The van der Waals surface area contributed by atoms with Gasteiger partial charge >= 0.3 is 6.18 Å². The van der Waals surface area contributed by atoms with Crippen molar-refractivity contribution in [2.45, 2.75) is 37.7 Å². The minimum absolute atomic E-state index is 0.0110. The van der Waals surface area contributed by atoms with Crippen LogP contribution in [0.2, 0.25) is 0 Å². The van der Waals surface area contributed by atoms with Gasteiger partial charge in [-0.15, -0.1) is 0 Å². The molecule has 4 rings (SSSR count). The molecule has 1 aliphatic carbocycles. The van der Waals surface area contributed by atoms with Crippen LogP contribution in [-0.2, 0) is 6.54 Å². The number of imidazole rings is 1. The van der Waals surface area contributed by atoms with Crippen LogP contribution in [0.5, 0.6) is 0 Å². The molecule has 1 saturated carbocycles. The van der Waals surface area contributed by atoms with Gasteiger partial charge in [0.25, 0.3) is 0 Å². The Morgan fingerprint density at radius 3 is 2.48 bits per heavy atom. The number of nitrogens with one attached hydrogen (secondary N) is 1. The lowest BCUT2D eigenvalue weighted by Gasteiger charge is -2.31. The first-order chi connectivity index (χ1) is 13.8. The molecule has 29 heavy (non-hydrogen) atoms. The van der Waals surface area contributed by atoms with E-state index in [1.165, 1.54) is 36.5 Å². The second-order valence-electron chi connectivity index (χ2n) is 6.92. The molecule has 2 N–H and O–H groups in total. The van der Waals surface area contributed by atoms with Crippen molar-refractivity contribution in [3.63, 3.8) is 0 Å². The molecule has 3 aromatic rings. The monoisotopic (exact) mass is 407 g/mol. The highest BCUT2D eigenvalue weighted by molar-refractivity contribution is 5.77. The molecule has 0 amide bonds. The molecule has 152 valence electrons. The lowest BCUT2D eigenvalue weighted by atomic mass is 9.90. The minimum atomic E-state index is -4.45. The van der Waals surface area contributed by atoms with Crippen molar-refractivity contribution < 1.29 is 22.7 Å². The third-order valence-electron chi connectivity index (χ3n) is 4.65. The molecule has 0 aliphatic heterocycles. The molecular formula is C19H17F4N5O. The zero-order valence-electron chi connectivity index (χ0n) is 15.1. The molecule has 1 aliphatic rings. The van der Waals surface area contributed by atoms with Crippen molar-refractivity contribution in [1.82, 2.24) is 19.5 Å². The van der Waals surface area contributed by atoms with Crippen LogP contribution in [0.3, 0.4) is 0 Å². The number of nitrogens with zero attached hydrogens (tertiary/aromatic N) is 4. The van der Waals surface area contributed by atoms with Gasteiger partial charge in [-0.3, -0.25) is 0 Å². The van der Waals surface area contributed by atoms with Crippen molar-refractivity contribution in [2.75, 3.05) is 5.32 Å². The second kappa shape index (κ2) is 7.43. The van der Waals surface area contributed by atoms with Crippen LogP contribution in [0.1, 0.15) is 12.8 Å². The second-order valence-corrected chi connectivity index (χ2v) is 6.92. The highest BCUT2D eigenvalue weighted by Gasteiger charge is 2.31. The summed E-state index contributed by atoms with van der Waals surface area (Å²) >= 11 is 0. The van der Waals surface area contributed by atoms with E-state index in [1.54, 1.807) is 0 Å². The van der Waals surface area contributed by atoms with Gasteiger partial charge in [0.2, 0.25) is 5.95 Å². The van der Waals surface area contributed by atoms with Crippen molar-refractivity contribution in [1.29, 1.82) is 0 Å². The van der Waals surface area contributed by atoms with Gasteiger partial charge < -0.3 is 15.0 Å². The van der Waals surface area contributed by atoms with Gasteiger partial charge in [-0.05, 0) is 43.2 Å². The highest BCUT2D eigenvalue weighted by atomic mass is 19.4. The number of anilines is 1. The van der Waals surface area contributed by atoms with Gasteiger partial charge in [0.05, 0.1) is 29.5 Å². The van der Waals surface area contributed by atoms with E-state index in [0.29, 0.717) is 18.4 Å². The molecule has 6 nitrogen and oxygen atoms in total. The molecule has 0 atom stereocenters. The Morgan fingerprint density at radius 2 is 1.83 bits per heavy atom. The molecule has 2 heterocycles. The standard InChI is InChI=1S/C19H17F4N5O/c20-12-3-1-11(2-4-12)16-17(28(10-25-16)9-19(21,22)23)15-5-6-24-18(27-15)26-13-7-14(29)8-13/h1-6,10,13-14,29H,7-9H2,(H,24,26,27)/t13-,14-. The Bertz CT molecular complexity index is 997. The van der Waals surface area contributed by atoms with Crippen LogP contribution >= 0.6 is 0 Å². The third kappa shape index (κ3) is 4.37. The summed E-state index contributed by atoms with van der Waals surface area (Å²) < 4.78 is 53.5. The fourth-order valence-electron chi connectivity index (χ4n) is 3.23. The number of aromatic nitrogens is 4. The maximum atomic E-state index is 13.3. The van der Waals surface area contributed by atoms with Crippen LogP contribution in [0.4, 0.5) is 23.5 Å². The fraction of sp³-hybridized carbons (Fsp3) is 0.316. The van der Waals surface area contributed by atoms with E-state index in [1.807, 2.05) is 0 Å². The molecule has 0 unspecified atom stereocenters. The van der Waals surface area contributed by atoms with E-state index in [-0.39, 0.29) is 35.2 Å². The zero-order valence-corrected chi connectivity index (χ0v) is 15.1. The van der Waals surface area contributed by atoms with Crippen LogP contribution in [0.25, 0.3) is 22.6 Å². The van der Waals surface area contributed by atoms with Gasteiger partial charge in [0.1, 0.15) is 12.4 Å². The van der Waals surface area contributed by atoms with E-state index in [0.717, 1.165) is 10.9 Å². The lowest BCUT2D eigenvalue weighted by molar-refractivity contribution is -0.140. The molecular weight excluding hydrogens is 390 g/mol. The van der Waals surface area contributed by atoms with Crippen LogP contribution < -0.4 is 5.32 Å². The SMILES string of the molecule is O[C@H]1C[C@H](Nc2nccc(-c3c(-c4ccc(F)cc4)ncn3CC(F)(F)F)n2)C1. The largest absolute Gasteiger partial charge is 0.406 e. The average Bonchev–Trinajstić information content (AvgIpc) is 3.03. The number of aliphatic hydroxyl groups excluding tert-OH is 1. The van der Waals surface area contributed by atoms with Gasteiger partial charge in [-0.1, -0.05) is 0 Å². The highest BCUT2D eigenvalue weighted by Crippen LogP contribution is 2.33. The number of hydrogen-bond acceptors (Lipinski definition) is 5. The van der Waals surface area contributed by atoms with Gasteiger partial charge in [0.15, 0.2) is 0 Å². The molecule has 2 aromatic heterocycles. The van der Waals surface area contributed by atoms with Gasteiger partial charge in [-0.25, -0.2) is 19.3 Å². The Hall–Kier alpha value is -3.01. The topological polar surface area (TPSA) is 75.9 Å². The minimum Gasteiger partial charge on any atom is -0.393 e. The predicted molar refractivity (Wildman–Crippen MR) is 97.4 cm³/mol. The predicted octanol–water partition coefficient (Wildman–Crippen LogP) is 3.64. The van der Waals surface area contributed by atoms with E-state index in [4.69, 9.17) is 0 Å². The summed E-state index contributed by atoms with van der Waals surface area (Å²) in [4.78, 5) is 12.6. The normalized spacial score (nSPS) is 19.1. The quantitative estimate of drug-likeness (QED) is 0.632. The summed E-state index contributed by atoms with van der Waals surface area (Å²) in [6, 6.07) is 6.85. The number of aliphatic hydroxyl groups is 1. The molecule has 0 radical (unpaired) electrons. The molecule has 0 bridgehead atoms. The maximum Gasteiger partial charge on any atom is 0.406 e. The molecule has 10 heteroatoms. The Kier molecular flexibility index (Phi) is 4.95. The molecule has 1 fully saturated rings. The van der Waals surface area contributed by atoms with Gasteiger partial charge in [0, 0.05) is 17.8 Å². The zero-order chi connectivity index (χ0) is 20.6. The van der Waals surface area contributed by atoms with Crippen LogP contribution in [0, 0.1) is 5.82 Å². The number of rotatable bonds is 5. The number of halogens is 4. The molecule has 1 aromatic carbocycles. The van der Waals surface area contributed by atoms with E-state index in [2.05, 4.69) is 20.3 Å². The Balaban J connectivity index is 1.74. The molecule has 0 saturated heterocycles. The first-order valence-corrected chi connectivity index (χ1v) is 8.94. The number of alkyl halides is 3. The van der Waals surface area contributed by atoms with E-state index in [9.17, 15) is 22.7 Å². The van der Waals surface area contributed by atoms with Gasteiger partial charge in [-0.2, -0.15) is 13.2 Å². The van der Waals surface area contributed by atoms with Crippen molar-refractivity contribution in [3.05, 3.63) is 48.7 Å². The summed E-state index contributed by atoms with van der Waals surface area (Å²) in [6.07, 6.45) is -1.17. The lowest BCUT2D eigenvalue weighted by Crippen LogP contribution is -2.39. The summed E-state index contributed by atoms with van der Waals surface area (Å²) in [7, 11) is 0. The summed E-state index contributed by atoms with van der Waals surface area (Å²) in [5.41, 5.74) is 1.15. The summed E-state index contributed by atoms with van der Waals surface area (Å²) in [5, 5.41) is 12.5. The van der Waals surface area contributed by atoms with E-state index >= 15 is 0 Å².